The number of hydrogen-bond acceptors (Lipinski definition) is 2. The first-order chi connectivity index (χ1) is 8.86. The fourth-order valence-electron chi connectivity index (χ4n) is 3.04. The lowest BCUT2D eigenvalue weighted by molar-refractivity contribution is 0.875. The molecule has 1 aromatic carbocycles. The predicted molar refractivity (Wildman–Crippen MR) is 71.4 cm³/mol. The molecule has 0 amide bonds. The van der Waals surface area contributed by atoms with Gasteiger partial charge in [0.05, 0.1) is 11.4 Å². The van der Waals surface area contributed by atoms with Crippen molar-refractivity contribution in [3.05, 3.63) is 47.9 Å². The first kappa shape index (κ1) is 9.83. The maximum atomic E-state index is 4.48. The molecule has 3 aromatic rings. The SMILES string of the molecule is Cn1c2c(c3ccccc31)CCc1cncnc1-2. The van der Waals surface area contributed by atoms with Gasteiger partial charge in [-0.2, -0.15) is 0 Å². The highest BCUT2D eigenvalue weighted by atomic mass is 15.0. The van der Waals surface area contributed by atoms with Crippen LogP contribution in [-0.4, -0.2) is 14.5 Å². The molecule has 0 saturated heterocycles. The Kier molecular flexibility index (Phi) is 1.87. The number of aryl methyl sites for hydroxylation is 3. The maximum absolute atomic E-state index is 4.48. The third-order valence-corrected chi connectivity index (χ3v) is 3.87. The molecule has 0 aliphatic heterocycles. The zero-order valence-electron chi connectivity index (χ0n) is 10.2. The van der Waals surface area contributed by atoms with E-state index in [0.717, 1.165) is 18.5 Å². The van der Waals surface area contributed by atoms with Gasteiger partial charge in [-0.3, -0.25) is 0 Å². The lowest BCUT2D eigenvalue weighted by Gasteiger charge is -2.16. The van der Waals surface area contributed by atoms with Gasteiger partial charge in [-0.25, -0.2) is 9.97 Å². The number of hydrogen-bond donors (Lipinski definition) is 0. The van der Waals surface area contributed by atoms with Crippen LogP contribution in [0.5, 0.6) is 0 Å². The molecule has 0 radical (unpaired) electrons. The second kappa shape index (κ2) is 3.42. The quantitative estimate of drug-likeness (QED) is 0.600. The smallest absolute Gasteiger partial charge is 0.116 e. The van der Waals surface area contributed by atoms with Crippen molar-refractivity contribution in [3.63, 3.8) is 0 Å². The lowest BCUT2D eigenvalue weighted by atomic mass is 9.93. The minimum Gasteiger partial charge on any atom is -0.342 e. The Morgan fingerprint density at radius 1 is 1.17 bits per heavy atom. The zero-order chi connectivity index (χ0) is 12.1. The summed E-state index contributed by atoms with van der Waals surface area (Å²) < 4.78 is 2.26. The highest BCUT2D eigenvalue weighted by molar-refractivity contribution is 5.92. The zero-order valence-corrected chi connectivity index (χ0v) is 10.2. The molecule has 18 heavy (non-hydrogen) atoms. The molecule has 1 aliphatic carbocycles. The van der Waals surface area contributed by atoms with Gasteiger partial charge in [0.15, 0.2) is 0 Å². The predicted octanol–water partition coefficient (Wildman–Crippen LogP) is 2.73. The largest absolute Gasteiger partial charge is 0.342 e. The highest BCUT2D eigenvalue weighted by Gasteiger charge is 2.23. The summed E-state index contributed by atoms with van der Waals surface area (Å²) in [6.45, 7) is 0. The minimum atomic E-state index is 1.04. The molecule has 0 bridgehead atoms. The van der Waals surface area contributed by atoms with Crippen LogP contribution in [0.2, 0.25) is 0 Å². The van der Waals surface area contributed by atoms with Crippen molar-refractivity contribution >= 4 is 10.9 Å². The van der Waals surface area contributed by atoms with E-state index in [-0.39, 0.29) is 0 Å². The maximum Gasteiger partial charge on any atom is 0.116 e. The normalized spacial score (nSPS) is 13.4. The van der Waals surface area contributed by atoms with Gasteiger partial charge in [0.2, 0.25) is 0 Å². The van der Waals surface area contributed by atoms with Gasteiger partial charge in [0, 0.05) is 24.1 Å². The van der Waals surface area contributed by atoms with E-state index in [0.29, 0.717) is 0 Å². The molecule has 0 spiro atoms. The molecule has 0 N–H and O–H groups in total. The molecule has 0 unspecified atom stereocenters. The number of nitrogens with zero attached hydrogens (tertiary/aromatic N) is 3. The molecule has 2 heterocycles. The van der Waals surface area contributed by atoms with Crippen molar-refractivity contribution in [2.75, 3.05) is 0 Å². The number of fused-ring (bicyclic) bond motifs is 5. The van der Waals surface area contributed by atoms with Crippen LogP contribution in [0.3, 0.4) is 0 Å². The van der Waals surface area contributed by atoms with Crippen molar-refractivity contribution in [2.24, 2.45) is 7.05 Å². The van der Waals surface area contributed by atoms with Gasteiger partial charge >= 0.3 is 0 Å². The van der Waals surface area contributed by atoms with E-state index in [9.17, 15) is 0 Å². The van der Waals surface area contributed by atoms with Gasteiger partial charge in [0.25, 0.3) is 0 Å². The summed E-state index contributed by atoms with van der Waals surface area (Å²) in [6, 6.07) is 8.58. The second-order valence-corrected chi connectivity index (χ2v) is 4.80. The van der Waals surface area contributed by atoms with Crippen LogP contribution in [0.4, 0.5) is 0 Å². The first-order valence-corrected chi connectivity index (χ1v) is 6.22. The van der Waals surface area contributed by atoms with Crippen LogP contribution in [-0.2, 0) is 19.9 Å². The van der Waals surface area contributed by atoms with E-state index in [1.807, 2.05) is 6.20 Å². The molecule has 3 nitrogen and oxygen atoms in total. The molecule has 0 atom stereocenters. The van der Waals surface area contributed by atoms with E-state index in [1.54, 1.807) is 6.33 Å². The molecule has 88 valence electrons. The van der Waals surface area contributed by atoms with Crippen LogP contribution in [0.1, 0.15) is 11.1 Å². The van der Waals surface area contributed by atoms with Gasteiger partial charge < -0.3 is 4.57 Å². The highest BCUT2D eigenvalue weighted by Crippen LogP contribution is 2.37. The summed E-state index contributed by atoms with van der Waals surface area (Å²) in [7, 11) is 2.12. The Hall–Kier alpha value is -2.16. The minimum absolute atomic E-state index is 1.04. The fourth-order valence-corrected chi connectivity index (χ4v) is 3.04. The van der Waals surface area contributed by atoms with E-state index >= 15 is 0 Å². The van der Waals surface area contributed by atoms with Crippen molar-refractivity contribution in [1.29, 1.82) is 0 Å². The van der Waals surface area contributed by atoms with Crippen molar-refractivity contribution in [3.8, 4) is 11.4 Å². The third kappa shape index (κ3) is 1.13. The monoisotopic (exact) mass is 235 g/mol. The Balaban J connectivity index is 2.16. The molecule has 4 rings (SSSR count). The van der Waals surface area contributed by atoms with Crippen LogP contribution in [0.25, 0.3) is 22.3 Å². The Morgan fingerprint density at radius 2 is 2.06 bits per heavy atom. The van der Waals surface area contributed by atoms with Gasteiger partial charge in [-0.05, 0) is 30.0 Å². The van der Waals surface area contributed by atoms with Crippen molar-refractivity contribution in [2.45, 2.75) is 12.8 Å². The average molecular weight is 235 g/mol. The van der Waals surface area contributed by atoms with E-state index in [4.69, 9.17) is 0 Å². The van der Waals surface area contributed by atoms with E-state index < -0.39 is 0 Å². The van der Waals surface area contributed by atoms with Crippen molar-refractivity contribution in [1.82, 2.24) is 14.5 Å². The molecule has 0 fully saturated rings. The standard InChI is InChI=1S/C15H13N3/c1-18-13-5-3-2-4-11(13)12-7-6-10-8-16-9-17-14(10)15(12)18/h2-5,8-9H,6-7H2,1H3. The van der Waals surface area contributed by atoms with Crippen LogP contribution < -0.4 is 0 Å². The summed E-state index contributed by atoms with van der Waals surface area (Å²) in [6.07, 6.45) is 5.71. The van der Waals surface area contributed by atoms with Crippen LogP contribution in [0.15, 0.2) is 36.8 Å². The molecule has 2 aromatic heterocycles. The van der Waals surface area contributed by atoms with Gasteiger partial charge in [-0.15, -0.1) is 0 Å². The molecule has 1 aliphatic rings. The second-order valence-electron chi connectivity index (χ2n) is 4.80. The molecular formula is C15H13N3. The first-order valence-electron chi connectivity index (χ1n) is 6.22. The number of benzene rings is 1. The number of aromatic nitrogens is 3. The van der Waals surface area contributed by atoms with Crippen molar-refractivity contribution < 1.29 is 0 Å². The van der Waals surface area contributed by atoms with Crippen LogP contribution in [0, 0.1) is 0 Å². The summed E-state index contributed by atoms with van der Waals surface area (Å²) in [5.74, 6) is 0. The fraction of sp³-hybridized carbons (Fsp3) is 0.200. The Bertz CT molecular complexity index is 756. The summed E-state index contributed by atoms with van der Waals surface area (Å²) >= 11 is 0. The van der Waals surface area contributed by atoms with Gasteiger partial charge in [-0.1, -0.05) is 18.2 Å². The molecular weight excluding hydrogens is 222 g/mol. The lowest BCUT2D eigenvalue weighted by Crippen LogP contribution is -2.07. The summed E-state index contributed by atoms with van der Waals surface area (Å²) in [4.78, 5) is 8.62. The summed E-state index contributed by atoms with van der Waals surface area (Å²) in [5, 5.41) is 1.36. The Labute approximate surface area is 105 Å². The molecule has 0 saturated carbocycles. The average Bonchev–Trinajstić information content (AvgIpc) is 2.73. The Morgan fingerprint density at radius 3 is 3.00 bits per heavy atom. The number of para-hydroxylation sites is 1. The number of rotatable bonds is 0. The van der Waals surface area contributed by atoms with Crippen LogP contribution >= 0.6 is 0 Å². The molecule has 3 heteroatoms. The third-order valence-electron chi connectivity index (χ3n) is 3.87. The topological polar surface area (TPSA) is 30.7 Å². The van der Waals surface area contributed by atoms with E-state index in [1.165, 1.54) is 27.7 Å². The van der Waals surface area contributed by atoms with E-state index in [2.05, 4.69) is 45.8 Å². The van der Waals surface area contributed by atoms with Gasteiger partial charge in [0.1, 0.15) is 6.33 Å². The summed E-state index contributed by atoms with van der Waals surface area (Å²) in [5.41, 5.74) is 6.34.